The highest BCUT2D eigenvalue weighted by molar-refractivity contribution is 7.21. The third kappa shape index (κ3) is 3.14. The fourth-order valence-electron chi connectivity index (χ4n) is 2.60. The van der Waals surface area contributed by atoms with Gasteiger partial charge in [0.1, 0.15) is 4.88 Å². The zero-order valence-corrected chi connectivity index (χ0v) is 14.3. The number of carbonyl (C=O) groups is 2. The minimum Gasteiger partial charge on any atom is -0.450 e. The molecule has 23 heavy (non-hydrogen) atoms. The van der Waals surface area contributed by atoms with Crippen LogP contribution in [0.2, 0.25) is 5.02 Å². The van der Waals surface area contributed by atoms with E-state index in [0.29, 0.717) is 42.7 Å². The van der Waals surface area contributed by atoms with Crippen LogP contribution in [-0.4, -0.2) is 54.6 Å². The minimum atomic E-state index is -0.320. The second-order valence-electron chi connectivity index (χ2n) is 5.22. The molecule has 0 bridgehead atoms. The van der Waals surface area contributed by atoms with Crippen LogP contribution >= 0.6 is 22.9 Å². The molecule has 0 atom stereocenters. The summed E-state index contributed by atoms with van der Waals surface area (Å²) >= 11 is 7.78. The van der Waals surface area contributed by atoms with Crippen molar-refractivity contribution in [2.24, 2.45) is 0 Å². The third-order valence-electron chi connectivity index (χ3n) is 3.82. The van der Waals surface area contributed by atoms with Crippen LogP contribution in [-0.2, 0) is 4.74 Å². The van der Waals surface area contributed by atoms with Crippen LogP contribution in [0.4, 0.5) is 4.79 Å². The van der Waals surface area contributed by atoms with Crippen LogP contribution in [0.5, 0.6) is 0 Å². The highest BCUT2D eigenvalue weighted by Crippen LogP contribution is 2.36. The van der Waals surface area contributed by atoms with E-state index in [1.165, 1.54) is 11.3 Å². The Hall–Kier alpha value is -1.79. The first-order chi connectivity index (χ1) is 11.1. The molecule has 0 aliphatic carbocycles. The third-order valence-corrected chi connectivity index (χ3v) is 5.49. The fourth-order valence-corrected chi connectivity index (χ4v) is 4.08. The summed E-state index contributed by atoms with van der Waals surface area (Å²) in [5, 5.41) is 1.43. The molecular formula is C16H17ClN2O3S. The van der Waals surface area contributed by atoms with Gasteiger partial charge in [-0.2, -0.15) is 0 Å². The first-order valence-corrected chi connectivity index (χ1v) is 8.69. The predicted octanol–water partition coefficient (Wildman–Crippen LogP) is 3.47. The van der Waals surface area contributed by atoms with E-state index in [9.17, 15) is 9.59 Å². The number of hydrogen-bond donors (Lipinski definition) is 0. The molecule has 1 aliphatic heterocycles. The molecule has 3 rings (SSSR count). The molecule has 7 heteroatoms. The molecule has 1 aliphatic rings. The quantitative estimate of drug-likeness (QED) is 0.831. The number of nitrogens with zero attached hydrogens (tertiary/aromatic N) is 2. The maximum Gasteiger partial charge on any atom is 0.409 e. The van der Waals surface area contributed by atoms with Crippen LogP contribution < -0.4 is 0 Å². The molecule has 2 aromatic rings. The number of halogens is 1. The lowest BCUT2D eigenvalue weighted by molar-refractivity contribution is 0.0574. The van der Waals surface area contributed by atoms with Gasteiger partial charge in [0, 0.05) is 36.3 Å². The Morgan fingerprint density at radius 1 is 1.17 bits per heavy atom. The van der Waals surface area contributed by atoms with Gasteiger partial charge < -0.3 is 14.5 Å². The van der Waals surface area contributed by atoms with Gasteiger partial charge in [-0.3, -0.25) is 4.79 Å². The number of fused-ring (bicyclic) bond motifs is 1. The number of thiophene rings is 1. The molecule has 2 amide bonds. The molecule has 0 spiro atoms. The summed E-state index contributed by atoms with van der Waals surface area (Å²) in [4.78, 5) is 28.3. The molecule has 0 unspecified atom stereocenters. The smallest absolute Gasteiger partial charge is 0.409 e. The van der Waals surface area contributed by atoms with E-state index in [1.54, 1.807) is 16.7 Å². The second-order valence-corrected chi connectivity index (χ2v) is 6.65. The van der Waals surface area contributed by atoms with E-state index < -0.39 is 0 Å². The predicted molar refractivity (Wildman–Crippen MR) is 91.3 cm³/mol. The van der Waals surface area contributed by atoms with Crippen molar-refractivity contribution >= 4 is 45.0 Å². The van der Waals surface area contributed by atoms with E-state index in [1.807, 2.05) is 24.3 Å². The molecular weight excluding hydrogens is 336 g/mol. The first-order valence-electron chi connectivity index (χ1n) is 7.49. The molecule has 5 nitrogen and oxygen atoms in total. The second kappa shape index (κ2) is 6.76. The number of ether oxygens (including phenoxy) is 1. The van der Waals surface area contributed by atoms with E-state index in [0.717, 1.165) is 10.1 Å². The summed E-state index contributed by atoms with van der Waals surface area (Å²) in [7, 11) is 0. The van der Waals surface area contributed by atoms with Gasteiger partial charge in [-0.05, 0) is 13.0 Å². The highest BCUT2D eigenvalue weighted by Gasteiger charge is 2.28. The average molecular weight is 353 g/mol. The van der Waals surface area contributed by atoms with Gasteiger partial charge in [-0.25, -0.2) is 4.79 Å². The molecule has 1 fully saturated rings. The Labute approximate surface area is 143 Å². The molecule has 0 saturated carbocycles. The Morgan fingerprint density at radius 2 is 1.83 bits per heavy atom. The largest absolute Gasteiger partial charge is 0.450 e. The summed E-state index contributed by atoms with van der Waals surface area (Å²) in [6, 6.07) is 7.72. The number of hydrogen-bond acceptors (Lipinski definition) is 4. The number of amides is 2. The topological polar surface area (TPSA) is 49.9 Å². The highest BCUT2D eigenvalue weighted by atomic mass is 35.5. The Bertz CT molecular complexity index is 738. The molecule has 1 aromatic carbocycles. The van der Waals surface area contributed by atoms with Crippen LogP contribution in [0.3, 0.4) is 0 Å². The summed E-state index contributed by atoms with van der Waals surface area (Å²) in [5.41, 5.74) is 0. The van der Waals surface area contributed by atoms with Crippen LogP contribution in [0.15, 0.2) is 24.3 Å². The van der Waals surface area contributed by atoms with Gasteiger partial charge >= 0.3 is 6.09 Å². The van der Waals surface area contributed by atoms with Crippen molar-refractivity contribution in [3.8, 4) is 0 Å². The number of carbonyl (C=O) groups excluding carboxylic acids is 2. The van der Waals surface area contributed by atoms with Crippen molar-refractivity contribution in [1.82, 2.24) is 9.80 Å². The number of piperazine rings is 1. The van der Waals surface area contributed by atoms with E-state index in [2.05, 4.69) is 0 Å². The van der Waals surface area contributed by atoms with Gasteiger partial charge in [-0.1, -0.05) is 29.8 Å². The minimum absolute atomic E-state index is 0.0697. The molecule has 1 aromatic heterocycles. The molecule has 122 valence electrons. The molecule has 2 heterocycles. The van der Waals surface area contributed by atoms with E-state index in [4.69, 9.17) is 16.3 Å². The number of rotatable bonds is 2. The van der Waals surface area contributed by atoms with Crippen molar-refractivity contribution in [3.05, 3.63) is 34.2 Å². The van der Waals surface area contributed by atoms with Crippen LogP contribution in [0.1, 0.15) is 16.6 Å². The SMILES string of the molecule is CCOC(=O)N1CCN(C(=O)c2sc3ccccc3c2Cl)CC1. The summed E-state index contributed by atoms with van der Waals surface area (Å²) in [6.45, 7) is 4.07. The average Bonchev–Trinajstić information content (AvgIpc) is 2.92. The van der Waals surface area contributed by atoms with Crippen LogP contribution in [0.25, 0.3) is 10.1 Å². The summed E-state index contributed by atoms with van der Waals surface area (Å²) in [6.07, 6.45) is -0.320. The van der Waals surface area contributed by atoms with Crippen molar-refractivity contribution < 1.29 is 14.3 Å². The maximum atomic E-state index is 12.7. The maximum absolute atomic E-state index is 12.7. The lowest BCUT2D eigenvalue weighted by Crippen LogP contribution is -2.50. The van der Waals surface area contributed by atoms with Gasteiger partial charge in [0.15, 0.2) is 0 Å². The molecule has 1 saturated heterocycles. The monoisotopic (exact) mass is 352 g/mol. The van der Waals surface area contributed by atoms with Gasteiger partial charge in [0.2, 0.25) is 0 Å². The Kier molecular flexibility index (Phi) is 4.73. The van der Waals surface area contributed by atoms with Crippen molar-refractivity contribution in [2.75, 3.05) is 32.8 Å². The summed E-state index contributed by atoms with van der Waals surface area (Å²) < 4.78 is 5.99. The van der Waals surface area contributed by atoms with E-state index in [-0.39, 0.29) is 12.0 Å². The lowest BCUT2D eigenvalue weighted by Gasteiger charge is -2.33. The lowest BCUT2D eigenvalue weighted by atomic mass is 10.2. The van der Waals surface area contributed by atoms with Crippen molar-refractivity contribution in [1.29, 1.82) is 0 Å². The van der Waals surface area contributed by atoms with Crippen molar-refractivity contribution in [3.63, 3.8) is 0 Å². The zero-order valence-electron chi connectivity index (χ0n) is 12.8. The standard InChI is InChI=1S/C16H17ClN2O3S/c1-2-22-16(21)19-9-7-18(8-10-19)15(20)14-13(17)11-5-3-4-6-12(11)23-14/h3-6H,2,7-10H2,1H3. The Balaban J connectivity index is 1.72. The van der Waals surface area contributed by atoms with Crippen molar-refractivity contribution in [2.45, 2.75) is 6.92 Å². The molecule has 0 N–H and O–H groups in total. The van der Waals surface area contributed by atoms with Gasteiger partial charge in [-0.15, -0.1) is 11.3 Å². The fraction of sp³-hybridized carbons (Fsp3) is 0.375. The zero-order chi connectivity index (χ0) is 16.4. The van der Waals surface area contributed by atoms with Gasteiger partial charge in [0.25, 0.3) is 5.91 Å². The van der Waals surface area contributed by atoms with Crippen LogP contribution in [0, 0.1) is 0 Å². The Morgan fingerprint density at radius 3 is 2.48 bits per heavy atom. The van der Waals surface area contributed by atoms with Gasteiger partial charge in [0.05, 0.1) is 11.6 Å². The summed E-state index contributed by atoms with van der Waals surface area (Å²) in [5.74, 6) is -0.0697. The number of benzene rings is 1. The first kappa shape index (κ1) is 16.1. The molecule has 0 radical (unpaired) electrons. The van der Waals surface area contributed by atoms with E-state index >= 15 is 0 Å². The normalized spacial score (nSPS) is 15.0.